The van der Waals surface area contributed by atoms with Crippen molar-refractivity contribution < 1.29 is 18.4 Å². The Labute approximate surface area is 127 Å². The molecule has 1 aromatic carbocycles. The summed E-state index contributed by atoms with van der Waals surface area (Å²) in [4.78, 5) is 25.7. The van der Waals surface area contributed by atoms with Gasteiger partial charge in [0.2, 0.25) is 0 Å². The molecule has 2 aliphatic heterocycles. The molecule has 0 aromatic heterocycles. The molecule has 1 fully saturated rings. The Bertz CT molecular complexity index is 645. The van der Waals surface area contributed by atoms with Gasteiger partial charge in [0.1, 0.15) is 0 Å². The van der Waals surface area contributed by atoms with E-state index in [-0.39, 0.29) is 19.6 Å². The highest BCUT2D eigenvalue weighted by atomic mass is 19.3. The molecule has 22 heavy (non-hydrogen) atoms. The number of imide groups is 1. The molecule has 4 nitrogen and oxygen atoms in total. The van der Waals surface area contributed by atoms with E-state index in [1.54, 1.807) is 18.2 Å². The zero-order valence-corrected chi connectivity index (χ0v) is 12.5. The normalized spacial score (nSPS) is 27.2. The smallest absolute Gasteiger partial charge is 0.261 e. The predicted molar refractivity (Wildman–Crippen MR) is 77.0 cm³/mol. The Morgan fingerprint density at radius 2 is 1.91 bits per heavy atom. The van der Waals surface area contributed by atoms with Crippen molar-refractivity contribution in [3.05, 3.63) is 34.9 Å². The van der Waals surface area contributed by atoms with Crippen LogP contribution in [0.1, 0.15) is 33.2 Å². The van der Waals surface area contributed by atoms with Gasteiger partial charge in [-0.25, -0.2) is 8.78 Å². The Morgan fingerprint density at radius 3 is 2.64 bits per heavy atom. The zero-order valence-electron chi connectivity index (χ0n) is 12.5. The Kier molecular flexibility index (Phi) is 3.51. The minimum absolute atomic E-state index is 0.101. The number of amides is 2. The van der Waals surface area contributed by atoms with Crippen molar-refractivity contribution in [2.45, 2.75) is 19.8 Å². The van der Waals surface area contributed by atoms with Gasteiger partial charge in [0.05, 0.1) is 17.0 Å². The van der Waals surface area contributed by atoms with Crippen LogP contribution in [-0.2, 0) is 0 Å². The summed E-state index contributed by atoms with van der Waals surface area (Å²) >= 11 is 0. The molecule has 2 aliphatic rings. The summed E-state index contributed by atoms with van der Waals surface area (Å²) in [6.07, 6.45) is 0. The van der Waals surface area contributed by atoms with E-state index < -0.39 is 29.6 Å². The first-order valence-electron chi connectivity index (χ1n) is 7.37. The number of carbonyl (C=O) groups excluding carboxylic acids is 2. The Morgan fingerprint density at radius 1 is 1.23 bits per heavy atom. The fourth-order valence-corrected chi connectivity index (χ4v) is 3.13. The molecule has 118 valence electrons. The van der Waals surface area contributed by atoms with E-state index in [2.05, 4.69) is 5.32 Å². The molecule has 0 aliphatic carbocycles. The molecule has 1 N–H and O–H groups in total. The van der Waals surface area contributed by atoms with Gasteiger partial charge in [-0.3, -0.25) is 14.5 Å². The van der Waals surface area contributed by atoms with Gasteiger partial charge in [-0.1, -0.05) is 18.6 Å². The fraction of sp³-hybridized carbons (Fsp3) is 0.500. The number of aryl methyl sites for hydroxylation is 1. The molecular weight excluding hydrogens is 290 g/mol. The van der Waals surface area contributed by atoms with Crippen LogP contribution in [0.2, 0.25) is 0 Å². The van der Waals surface area contributed by atoms with E-state index in [1.807, 2.05) is 6.92 Å². The number of halogens is 2. The van der Waals surface area contributed by atoms with Gasteiger partial charge < -0.3 is 5.32 Å². The van der Waals surface area contributed by atoms with E-state index >= 15 is 0 Å². The molecule has 0 radical (unpaired) electrons. The van der Waals surface area contributed by atoms with E-state index in [4.69, 9.17) is 0 Å². The van der Waals surface area contributed by atoms with Crippen molar-refractivity contribution in [1.29, 1.82) is 0 Å². The maximum Gasteiger partial charge on any atom is 0.261 e. The number of nitrogens with one attached hydrogen (secondary N) is 1. The summed E-state index contributed by atoms with van der Waals surface area (Å²) in [7, 11) is 0. The lowest BCUT2D eigenvalue weighted by molar-refractivity contribution is -0.120. The summed E-state index contributed by atoms with van der Waals surface area (Å²) in [5.41, 5.74) is 1.47. The Balaban J connectivity index is 1.85. The molecule has 0 saturated carbocycles. The monoisotopic (exact) mass is 308 g/mol. The number of alkyl halides is 2. The standard InChI is InChI=1S/C16H18F2N2O2/c1-9-3-4-12-13(5-9)15(22)20(14(12)21)8-11-7-19-6-10(2)16(11,17)18/h3-5,10-11,19H,6-8H2,1-2H3/t10-,11-/m0/s1. The first-order valence-corrected chi connectivity index (χ1v) is 7.37. The first-order chi connectivity index (χ1) is 10.3. The van der Waals surface area contributed by atoms with Gasteiger partial charge in [-0.2, -0.15) is 0 Å². The van der Waals surface area contributed by atoms with Crippen LogP contribution >= 0.6 is 0 Å². The zero-order chi connectivity index (χ0) is 16.1. The third kappa shape index (κ3) is 2.22. The van der Waals surface area contributed by atoms with Crippen molar-refractivity contribution >= 4 is 11.8 Å². The van der Waals surface area contributed by atoms with Crippen molar-refractivity contribution in [3.8, 4) is 0 Å². The molecule has 0 spiro atoms. The Hall–Kier alpha value is -1.82. The van der Waals surface area contributed by atoms with Gasteiger partial charge in [-0.15, -0.1) is 0 Å². The summed E-state index contributed by atoms with van der Waals surface area (Å²) in [5.74, 6) is -5.72. The summed E-state index contributed by atoms with van der Waals surface area (Å²) in [6.45, 7) is 3.39. The SMILES string of the molecule is Cc1ccc2c(c1)C(=O)N(C[C@@H]1CNC[C@H](C)C1(F)F)C2=O. The third-order valence-electron chi connectivity index (χ3n) is 4.57. The van der Waals surface area contributed by atoms with Crippen LogP contribution in [0.25, 0.3) is 0 Å². The molecule has 1 saturated heterocycles. The van der Waals surface area contributed by atoms with E-state index in [0.717, 1.165) is 10.5 Å². The molecular formula is C16H18F2N2O2. The molecule has 1 aromatic rings. The van der Waals surface area contributed by atoms with E-state index in [1.165, 1.54) is 6.92 Å². The minimum Gasteiger partial charge on any atom is -0.316 e. The number of fused-ring (bicyclic) bond motifs is 1. The minimum atomic E-state index is -2.89. The third-order valence-corrected chi connectivity index (χ3v) is 4.57. The second kappa shape index (κ2) is 5.12. The van der Waals surface area contributed by atoms with Crippen LogP contribution in [-0.4, -0.2) is 42.3 Å². The van der Waals surface area contributed by atoms with Gasteiger partial charge in [0, 0.05) is 25.6 Å². The number of hydrogen-bond donors (Lipinski definition) is 1. The highest BCUT2D eigenvalue weighted by Crippen LogP contribution is 2.36. The topological polar surface area (TPSA) is 49.4 Å². The van der Waals surface area contributed by atoms with Crippen LogP contribution in [0.3, 0.4) is 0 Å². The van der Waals surface area contributed by atoms with Gasteiger partial charge in [0.15, 0.2) is 0 Å². The molecule has 2 amide bonds. The molecule has 0 bridgehead atoms. The summed E-state index contributed by atoms with van der Waals surface area (Å²) in [5, 5.41) is 2.94. The molecule has 2 atom stereocenters. The molecule has 6 heteroatoms. The van der Waals surface area contributed by atoms with Crippen LogP contribution in [0.5, 0.6) is 0 Å². The average Bonchev–Trinajstić information content (AvgIpc) is 2.69. The van der Waals surface area contributed by atoms with Crippen LogP contribution in [0.15, 0.2) is 18.2 Å². The molecule has 0 unspecified atom stereocenters. The highest BCUT2D eigenvalue weighted by molar-refractivity contribution is 6.21. The van der Waals surface area contributed by atoms with Crippen molar-refractivity contribution in [2.24, 2.45) is 11.8 Å². The van der Waals surface area contributed by atoms with Gasteiger partial charge in [-0.05, 0) is 19.1 Å². The van der Waals surface area contributed by atoms with Crippen molar-refractivity contribution in [3.63, 3.8) is 0 Å². The number of nitrogens with zero attached hydrogens (tertiary/aromatic N) is 1. The first kappa shape index (κ1) is 15.1. The maximum absolute atomic E-state index is 14.3. The predicted octanol–water partition coefficient (Wildman–Crippen LogP) is 2.08. The van der Waals surface area contributed by atoms with Crippen LogP contribution in [0.4, 0.5) is 8.78 Å². The van der Waals surface area contributed by atoms with Crippen molar-refractivity contribution in [2.75, 3.05) is 19.6 Å². The molecule has 3 rings (SSSR count). The summed E-state index contributed by atoms with van der Waals surface area (Å²) < 4.78 is 28.5. The quantitative estimate of drug-likeness (QED) is 0.851. The van der Waals surface area contributed by atoms with Gasteiger partial charge in [0.25, 0.3) is 17.7 Å². The number of carbonyl (C=O) groups is 2. The lowest BCUT2D eigenvalue weighted by Crippen LogP contribution is -2.55. The number of rotatable bonds is 2. The largest absolute Gasteiger partial charge is 0.316 e. The maximum atomic E-state index is 14.3. The summed E-state index contributed by atoms with van der Waals surface area (Å²) in [6, 6.07) is 4.96. The number of benzene rings is 1. The van der Waals surface area contributed by atoms with Crippen molar-refractivity contribution in [1.82, 2.24) is 10.2 Å². The fourth-order valence-electron chi connectivity index (χ4n) is 3.13. The van der Waals surface area contributed by atoms with E-state index in [0.29, 0.717) is 11.1 Å². The lowest BCUT2D eigenvalue weighted by Gasteiger charge is -2.38. The average molecular weight is 308 g/mol. The lowest BCUT2D eigenvalue weighted by atomic mass is 9.86. The number of hydrogen-bond acceptors (Lipinski definition) is 3. The van der Waals surface area contributed by atoms with Crippen LogP contribution in [0, 0.1) is 18.8 Å². The second-order valence-electron chi connectivity index (χ2n) is 6.20. The van der Waals surface area contributed by atoms with Crippen LogP contribution < -0.4 is 5.32 Å². The van der Waals surface area contributed by atoms with Gasteiger partial charge >= 0.3 is 0 Å². The highest BCUT2D eigenvalue weighted by Gasteiger charge is 2.49. The van der Waals surface area contributed by atoms with E-state index in [9.17, 15) is 18.4 Å². The number of piperidine rings is 1. The molecule has 2 heterocycles. The second-order valence-corrected chi connectivity index (χ2v) is 6.20.